The fourth-order valence-electron chi connectivity index (χ4n) is 3.12. The van der Waals surface area contributed by atoms with Crippen molar-refractivity contribution in [2.45, 2.75) is 10.4 Å². The van der Waals surface area contributed by atoms with Gasteiger partial charge in [-0.05, 0) is 24.0 Å². The Hall–Kier alpha value is -1.28. The van der Waals surface area contributed by atoms with Crippen LogP contribution in [0, 0.1) is 11.8 Å². The minimum Gasteiger partial charge on any atom is -0.370 e. The van der Waals surface area contributed by atoms with Crippen LogP contribution >= 0.6 is 0 Å². The molecular formula is C13H15F3N2O2S. The maximum atomic E-state index is 12.8. The molecule has 1 N–H and O–H groups in total. The molecule has 2 atom stereocenters. The third-order valence-electron chi connectivity index (χ3n) is 4.19. The summed E-state index contributed by atoms with van der Waals surface area (Å²) in [6.45, 7) is 2.83. The van der Waals surface area contributed by atoms with E-state index in [1.807, 2.05) is 0 Å². The number of rotatable bonds is 2. The number of anilines is 1. The van der Waals surface area contributed by atoms with Crippen molar-refractivity contribution < 1.29 is 21.6 Å². The van der Waals surface area contributed by atoms with Gasteiger partial charge in [-0.15, -0.1) is 0 Å². The van der Waals surface area contributed by atoms with Gasteiger partial charge in [0, 0.05) is 26.2 Å². The average molecular weight is 320 g/mol. The maximum absolute atomic E-state index is 12.8. The van der Waals surface area contributed by atoms with Crippen LogP contribution in [0.4, 0.5) is 18.9 Å². The summed E-state index contributed by atoms with van der Waals surface area (Å²) in [5.74, 6) is 0.735. The van der Waals surface area contributed by atoms with Crippen molar-refractivity contribution in [1.29, 1.82) is 0 Å². The maximum Gasteiger partial charge on any atom is 0.501 e. The van der Waals surface area contributed by atoms with Crippen LogP contribution < -0.4 is 10.2 Å². The summed E-state index contributed by atoms with van der Waals surface area (Å²) in [5.41, 5.74) is -5.12. The van der Waals surface area contributed by atoms with Gasteiger partial charge in [0.15, 0.2) is 0 Å². The van der Waals surface area contributed by atoms with Crippen molar-refractivity contribution in [1.82, 2.24) is 5.32 Å². The highest BCUT2D eigenvalue weighted by Gasteiger charge is 2.49. The highest BCUT2D eigenvalue weighted by Crippen LogP contribution is 2.38. The predicted octanol–water partition coefficient (Wildman–Crippen LogP) is 1.64. The van der Waals surface area contributed by atoms with Crippen LogP contribution in [0.3, 0.4) is 0 Å². The summed E-state index contributed by atoms with van der Waals surface area (Å²) in [4.78, 5) is 1.11. The monoisotopic (exact) mass is 320 g/mol. The van der Waals surface area contributed by atoms with Crippen molar-refractivity contribution in [3.8, 4) is 0 Å². The topological polar surface area (TPSA) is 49.4 Å². The summed E-state index contributed by atoms with van der Waals surface area (Å²) in [5, 5.41) is 3.24. The van der Waals surface area contributed by atoms with E-state index < -0.39 is 20.2 Å². The van der Waals surface area contributed by atoms with Crippen molar-refractivity contribution in [3.63, 3.8) is 0 Å². The van der Waals surface area contributed by atoms with Crippen LogP contribution in [0.1, 0.15) is 0 Å². The van der Waals surface area contributed by atoms with E-state index in [1.165, 1.54) is 12.1 Å². The Labute approximate surface area is 120 Å². The Morgan fingerprint density at radius 3 is 2.24 bits per heavy atom. The van der Waals surface area contributed by atoms with Gasteiger partial charge >= 0.3 is 5.51 Å². The summed E-state index contributed by atoms with van der Waals surface area (Å²) in [7, 11) is -5.33. The molecule has 0 radical (unpaired) electrons. The molecule has 2 saturated heterocycles. The fourth-order valence-corrected chi connectivity index (χ4v) is 4.10. The SMILES string of the molecule is O=S(=O)(c1ccccc1N1C[C@H]2CNC[C@H]2C1)C(F)(F)F. The second kappa shape index (κ2) is 4.88. The van der Waals surface area contributed by atoms with Crippen LogP contribution in [-0.4, -0.2) is 40.1 Å². The summed E-state index contributed by atoms with van der Waals surface area (Å²) >= 11 is 0. The first-order chi connectivity index (χ1) is 9.80. The lowest BCUT2D eigenvalue weighted by molar-refractivity contribution is -0.0435. The first kappa shape index (κ1) is 14.6. The van der Waals surface area contributed by atoms with Crippen molar-refractivity contribution in [3.05, 3.63) is 24.3 Å². The molecule has 0 spiro atoms. The number of fused-ring (bicyclic) bond motifs is 1. The van der Waals surface area contributed by atoms with E-state index in [4.69, 9.17) is 0 Å². The normalized spacial score (nSPS) is 26.1. The lowest BCUT2D eigenvalue weighted by atomic mass is 10.0. The largest absolute Gasteiger partial charge is 0.501 e. The minimum atomic E-state index is -5.33. The standard InChI is InChI=1S/C13H15F3N2O2S/c14-13(15,16)21(19,20)12-4-2-1-3-11(12)18-7-9-5-17-6-10(9)8-18/h1-4,9-10,17H,5-8H2/t9-,10+. The van der Waals surface area contributed by atoms with Gasteiger partial charge in [-0.25, -0.2) is 8.42 Å². The van der Waals surface area contributed by atoms with Crippen molar-refractivity contribution >= 4 is 15.5 Å². The number of sulfone groups is 1. The second-order valence-corrected chi connectivity index (χ2v) is 7.41. The molecule has 21 heavy (non-hydrogen) atoms. The Morgan fingerprint density at radius 2 is 1.67 bits per heavy atom. The molecule has 0 unspecified atom stereocenters. The molecule has 1 aromatic carbocycles. The van der Waals surface area contributed by atoms with Gasteiger partial charge < -0.3 is 10.2 Å². The van der Waals surface area contributed by atoms with Crippen LogP contribution in [0.15, 0.2) is 29.2 Å². The second-order valence-electron chi connectivity index (χ2n) is 5.50. The van der Waals surface area contributed by atoms with Gasteiger partial charge in [-0.2, -0.15) is 13.2 Å². The van der Waals surface area contributed by atoms with Crippen LogP contribution in [0.2, 0.25) is 0 Å². The number of nitrogens with zero attached hydrogens (tertiary/aromatic N) is 1. The quantitative estimate of drug-likeness (QED) is 0.900. The van der Waals surface area contributed by atoms with E-state index >= 15 is 0 Å². The molecule has 2 aliphatic rings. The van der Waals surface area contributed by atoms with Gasteiger partial charge in [0.2, 0.25) is 0 Å². The van der Waals surface area contributed by atoms with Crippen LogP contribution in [-0.2, 0) is 9.84 Å². The third kappa shape index (κ3) is 2.40. The number of alkyl halides is 3. The number of nitrogens with one attached hydrogen (secondary N) is 1. The van der Waals surface area contributed by atoms with E-state index in [0.29, 0.717) is 24.9 Å². The Balaban J connectivity index is 1.98. The molecule has 0 bridgehead atoms. The molecule has 3 rings (SSSR count). The molecule has 0 aromatic heterocycles. The van der Waals surface area contributed by atoms with Gasteiger partial charge in [0.1, 0.15) is 0 Å². The summed E-state index contributed by atoms with van der Waals surface area (Å²) < 4.78 is 61.8. The highest BCUT2D eigenvalue weighted by atomic mass is 32.2. The first-order valence-electron chi connectivity index (χ1n) is 6.67. The molecular weight excluding hydrogens is 305 g/mol. The van der Waals surface area contributed by atoms with Crippen LogP contribution in [0.5, 0.6) is 0 Å². The lowest BCUT2D eigenvalue weighted by Crippen LogP contribution is -2.29. The Kier molecular flexibility index (Phi) is 3.40. The van der Waals surface area contributed by atoms with Gasteiger partial charge in [-0.3, -0.25) is 0 Å². The number of hydrogen-bond donors (Lipinski definition) is 1. The molecule has 116 valence electrons. The van der Waals surface area contributed by atoms with E-state index in [9.17, 15) is 21.6 Å². The number of benzene rings is 1. The van der Waals surface area contributed by atoms with Gasteiger partial charge in [0.25, 0.3) is 9.84 Å². The molecule has 2 aliphatic heterocycles. The molecule has 4 nitrogen and oxygen atoms in total. The third-order valence-corrected chi connectivity index (χ3v) is 5.72. The van der Waals surface area contributed by atoms with E-state index in [0.717, 1.165) is 19.2 Å². The minimum absolute atomic E-state index is 0.157. The molecule has 2 heterocycles. The predicted molar refractivity (Wildman–Crippen MR) is 71.7 cm³/mol. The highest BCUT2D eigenvalue weighted by molar-refractivity contribution is 7.92. The van der Waals surface area contributed by atoms with E-state index in [-0.39, 0.29) is 5.69 Å². The number of hydrogen-bond acceptors (Lipinski definition) is 4. The van der Waals surface area contributed by atoms with Crippen LogP contribution in [0.25, 0.3) is 0 Å². The summed E-state index contributed by atoms with van der Waals surface area (Å²) in [6.07, 6.45) is 0. The molecule has 2 fully saturated rings. The van der Waals surface area contributed by atoms with E-state index in [2.05, 4.69) is 5.32 Å². The Morgan fingerprint density at radius 1 is 1.10 bits per heavy atom. The average Bonchev–Trinajstić information content (AvgIpc) is 2.98. The van der Waals surface area contributed by atoms with Crippen molar-refractivity contribution in [2.75, 3.05) is 31.1 Å². The number of halogens is 3. The first-order valence-corrected chi connectivity index (χ1v) is 8.15. The molecule has 0 saturated carbocycles. The van der Waals surface area contributed by atoms with Gasteiger partial charge in [-0.1, -0.05) is 12.1 Å². The lowest BCUT2D eigenvalue weighted by Gasteiger charge is -2.23. The Bertz CT molecular complexity index is 633. The zero-order chi connectivity index (χ0) is 15.3. The zero-order valence-corrected chi connectivity index (χ0v) is 11.9. The molecule has 0 aliphatic carbocycles. The van der Waals surface area contributed by atoms with Gasteiger partial charge in [0.05, 0.1) is 10.6 Å². The number of para-hydroxylation sites is 1. The van der Waals surface area contributed by atoms with E-state index in [1.54, 1.807) is 11.0 Å². The molecule has 8 heteroatoms. The smallest absolute Gasteiger partial charge is 0.370 e. The van der Waals surface area contributed by atoms with Crippen molar-refractivity contribution in [2.24, 2.45) is 11.8 Å². The summed E-state index contributed by atoms with van der Waals surface area (Å²) in [6, 6.07) is 5.37. The molecule has 0 amide bonds. The fraction of sp³-hybridized carbons (Fsp3) is 0.538. The molecule has 1 aromatic rings. The zero-order valence-electron chi connectivity index (χ0n) is 11.1.